The zero-order valence-electron chi connectivity index (χ0n) is 11.6. The molecule has 0 bridgehead atoms. The maximum atomic E-state index is 11.4. The van der Waals surface area contributed by atoms with Gasteiger partial charge in [-0.2, -0.15) is 0 Å². The summed E-state index contributed by atoms with van der Waals surface area (Å²) in [6.45, 7) is 0.0827. The van der Waals surface area contributed by atoms with E-state index in [0.717, 1.165) is 16.4 Å². The first-order chi connectivity index (χ1) is 10.2. The van der Waals surface area contributed by atoms with Gasteiger partial charge in [0.2, 0.25) is 0 Å². The highest BCUT2D eigenvalue weighted by atomic mass is 32.1. The number of rotatable bonds is 3. The number of fused-ring (bicyclic) bond motifs is 1. The third-order valence-electron chi connectivity index (χ3n) is 3.80. The van der Waals surface area contributed by atoms with Crippen molar-refractivity contribution in [1.29, 1.82) is 0 Å². The summed E-state index contributed by atoms with van der Waals surface area (Å²) in [7, 11) is 2.10. The van der Waals surface area contributed by atoms with Gasteiger partial charge < -0.3 is 15.0 Å². The Kier molecular flexibility index (Phi) is 2.85. The van der Waals surface area contributed by atoms with Crippen molar-refractivity contribution in [2.24, 2.45) is 0 Å². The predicted octanol–water partition coefficient (Wildman–Crippen LogP) is 2.74. The van der Waals surface area contributed by atoms with E-state index in [-0.39, 0.29) is 12.5 Å². The average Bonchev–Trinajstić information content (AvgIpc) is 3.22. The molecular formula is C15H15N3O2S. The third kappa shape index (κ3) is 2.35. The Hall–Kier alpha value is -2.08. The number of aromatic nitrogens is 1. The second-order valence-electron chi connectivity index (χ2n) is 5.41. The van der Waals surface area contributed by atoms with Crippen LogP contribution in [0.15, 0.2) is 23.6 Å². The van der Waals surface area contributed by atoms with Gasteiger partial charge in [0.25, 0.3) is 5.91 Å². The molecule has 1 aromatic heterocycles. The Morgan fingerprint density at radius 3 is 3.10 bits per heavy atom. The van der Waals surface area contributed by atoms with Crippen LogP contribution in [0.4, 0.5) is 10.8 Å². The number of hydrogen-bond donors (Lipinski definition) is 1. The van der Waals surface area contributed by atoms with E-state index in [0.29, 0.717) is 17.5 Å². The van der Waals surface area contributed by atoms with Crippen molar-refractivity contribution in [2.45, 2.75) is 18.9 Å². The van der Waals surface area contributed by atoms with E-state index in [1.165, 1.54) is 12.8 Å². The molecule has 0 radical (unpaired) electrons. The number of carbonyl (C=O) groups is 1. The minimum absolute atomic E-state index is 0.0827. The summed E-state index contributed by atoms with van der Waals surface area (Å²) in [5.41, 5.74) is 2.64. The van der Waals surface area contributed by atoms with Crippen LogP contribution in [0.3, 0.4) is 0 Å². The van der Waals surface area contributed by atoms with Gasteiger partial charge in [0.15, 0.2) is 11.7 Å². The zero-order valence-corrected chi connectivity index (χ0v) is 12.4. The zero-order chi connectivity index (χ0) is 14.4. The Balaban J connectivity index is 1.64. The summed E-state index contributed by atoms with van der Waals surface area (Å²) in [6, 6.07) is 6.43. The highest BCUT2D eigenvalue weighted by Gasteiger charge is 2.28. The molecule has 1 amide bonds. The lowest BCUT2D eigenvalue weighted by molar-refractivity contribution is -0.118. The Labute approximate surface area is 126 Å². The molecule has 0 saturated heterocycles. The fourth-order valence-electron chi connectivity index (χ4n) is 2.42. The maximum Gasteiger partial charge on any atom is 0.262 e. The number of anilines is 2. The van der Waals surface area contributed by atoms with Crippen molar-refractivity contribution in [3.63, 3.8) is 0 Å². The smallest absolute Gasteiger partial charge is 0.262 e. The van der Waals surface area contributed by atoms with E-state index in [2.05, 4.69) is 22.6 Å². The summed E-state index contributed by atoms with van der Waals surface area (Å²) in [5, 5.41) is 5.93. The number of benzene rings is 1. The number of thiazole rings is 1. The van der Waals surface area contributed by atoms with E-state index < -0.39 is 0 Å². The van der Waals surface area contributed by atoms with Crippen molar-refractivity contribution in [3.05, 3.63) is 23.6 Å². The van der Waals surface area contributed by atoms with Crippen molar-refractivity contribution >= 4 is 28.1 Å². The summed E-state index contributed by atoms with van der Waals surface area (Å²) in [4.78, 5) is 18.3. The molecule has 1 aliphatic heterocycles. The first kappa shape index (κ1) is 12.6. The number of carbonyl (C=O) groups excluding carboxylic acids is 1. The van der Waals surface area contributed by atoms with Crippen LogP contribution in [-0.4, -0.2) is 30.6 Å². The SMILES string of the molecule is CN(c1nc(-c2ccc3c(c2)NC(=O)CO3)cs1)C1CC1. The lowest BCUT2D eigenvalue weighted by atomic mass is 10.1. The molecule has 4 rings (SSSR count). The van der Waals surface area contributed by atoms with Crippen LogP contribution in [0.25, 0.3) is 11.3 Å². The van der Waals surface area contributed by atoms with Gasteiger partial charge in [-0.25, -0.2) is 4.98 Å². The molecule has 2 aliphatic rings. The van der Waals surface area contributed by atoms with Crippen LogP contribution in [0.1, 0.15) is 12.8 Å². The third-order valence-corrected chi connectivity index (χ3v) is 4.73. The summed E-state index contributed by atoms with van der Waals surface area (Å²) in [5.74, 6) is 0.594. The fourth-order valence-corrected chi connectivity index (χ4v) is 3.29. The molecule has 2 aromatic rings. The van der Waals surface area contributed by atoms with E-state index in [4.69, 9.17) is 9.72 Å². The number of hydrogen-bond acceptors (Lipinski definition) is 5. The Morgan fingerprint density at radius 1 is 1.43 bits per heavy atom. The normalized spacial score (nSPS) is 16.9. The van der Waals surface area contributed by atoms with Crippen molar-refractivity contribution in [1.82, 2.24) is 4.98 Å². The molecule has 1 fully saturated rings. The number of ether oxygens (including phenoxy) is 1. The molecule has 1 aromatic carbocycles. The largest absolute Gasteiger partial charge is 0.482 e. The number of nitrogens with one attached hydrogen (secondary N) is 1. The highest BCUT2D eigenvalue weighted by Crippen LogP contribution is 2.36. The molecular weight excluding hydrogens is 286 g/mol. The van der Waals surface area contributed by atoms with Crippen LogP contribution >= 0.6 is 11.3 Å². The summed E-state index contributed by atoms with van der Waals surface area (Å²) < 4.78 is 5.37. The van der Waals surface area contributed by atoms with E-state index in [1.807, 2.05) is 18.2 Å². The van der Waals surface area contributed by atoms with Crippen molar-refractivity contribution in [2.75, 3.05) is 23.9 Å². The fraction of sp³-hybridized carbons (Fsp3) is 0.333. The lowest BCUT2D eigenvalue weighted by Gasteiger charge is -2.18. The van der Waals surface area contributed by atoms with Crippen molar-refractivity contribution < 1.29 is 9.53 Å². The van der Waals surface area contributed by atoms with Crippen LogP contribution in [0, 0.1) is 0 Å². The molecule has 0 spiro atoms. The summed E-state index contributed by atoms with van der Waals surface area (Å²) >= 11 is 1.65. The van der Waals surface area contributed by atoms with Crippen LogP contribution in [-0.2, 0) is 4.79 Å². The molecule has 2 heterocycles. The van der Waals surface area contributed by atoms with Crippen molar-refractivity contribution in [3.8, 4) is 17.0 Å². The quantitative estimate of drug-likeness (QED) is 0.947. The van der Waals surface area contributed by atoms with Gasteiger partial charge in [0.05, 0.1) is 11.4 Å². The van der Waals surface area contributed by atoms with Crippen LogP contribution < -0.4 is 15.0 Å². The Bertz CT molecular complexity index is 709. The molecule has 1 N–H and O–H groups in total. The standard InChI is InChI=1S/C15H15N3O2S/c1-18(10-3-4-10)15-17-12(8-21-15)9-2-5-13-11(6-9)16-14(19)7-20-13/h2,5-6,8,10H,3-4,7H2,1H3,(H,16,19). The van der Waals surface area contributed by atoms with E-state index in [9.17, 15) is 4.79 Å². The van der Waals surface area contributed by atoms with Crippen LogP contribution in [0.2, 0.25) is 0 Å². The second kappa shape index (κ2) is 4.73. The van der Waals surface area contributed by atoms with Gasteiger partial charge in [0, 0.05) is 24.0 Å². The maximum absolute atomic E-state index is 11.4. The minimum Gasteiger partial charge on any atom is -0.482 e. The molecule has 0 unspecified atom stereocenters. The average molecular weight is 301 g/mol. The molecule has 0 atom stereocenters. The topological polar surface area (TPSA) is 54.5 Å². The molecule has 5 nitrogen and oxygen atoms in total. The number of amides is 1. The van der Waals surface area contributed by atoms with Gasteiger partial charge in [-0.05, 0) is 31.0 Å². The summed E-state index contributed by atoms with van der Waals surface area (Å²) in [6.07, 6.45) is 2.52. The van der Waals surface area contributed by atoms with E-state index >= 15 is 0 Å². The van der Waals surface area contributed by atoms with Crippen LogP contribution in [0.5, 0.6) is 5.75 Å². The van der Waals surface area contributed by atoms with Gasteiger partial charge in [-0.3, -0.25) is 4.79 Å². The van der Waals surface area contributed by atoms with Gasteiger partial charge in [-0.15, -0.1) is 11.3 Å². The number of nitrogens with zero attached hydrogens (tertiary/aromatic N) is 2. The predicted molar refractivity (Wildman–Crippen MR) is 83.1 cm³/mol. The molecule has 1 saturated carbocycles. The first-order valence-electron chi connectivity index (χ1n) is 6.96. The molecule has 21 heavy (non-hydrogen) atoms. The monoisotopic (exact) mass is 301 g/mol. The van der Waals surface area contributed by atoms with Gasteiger partial charge in [-0.1, -0.05) is 0 Å². The Morgan fingerprint density at radius 2 is 2.29 bits per heavy atom. The van der Waals surface area contributed by atoms with Gasteiger partial charge in [0.1, 0.15) is 5.75 Å². The molecule has 6 heteroatoms. The minimum atomic E-state index is -0.118. The van der Waals surface area contributed by atoms with Gasteiger partial charge >= 0.3 is 0 Å². The molecule has 108 valence electrons. The highest BCUT2D eigenvalue weighted by molar-refractivity contribution is 7.14. The molecule has 1 aliphatic carbocycles. The second-order valence-corrected chi connectivity index (χ2v) is 6.24. The lowest BCUT2D eigenvalue weighted by Crippen LogP contribution is -2.25. The first-order valence-corrected chi connectivity index (χ1v) is 7.84. The van der Waals surface area contributed by atoms with E-state index in [1.54, 1.807) is 11.3 Å².